The van der Waals surface area contributed by atoms with Gasteiger partial charge in [0.25, 0.3) is 5.91 Å². The van der Waals surface area contributed by atoms with E-state index in [9.17, 15) is 9.90 Å². The molecule has 0 saturated carbocycles. The Hall–Kier alpha value is -1.79. The van der Waals surface area contributed by atoms with Gasteiger partial charge in [-0.1, -0.05) is 0 Å². The van der Waals surface area contributed by atoms with Gasteiger partial charge in [-0.15, -0.1) is 0 Å². The molecule has 3 N–H and O–H groups in total. The van der Waals surface area contributed by atoms with Crippen LogP contribution in [0.2, 0.25) is 0 Å². The number of nitrogens with two attached hydrogens (primary N) is 1. The number of hydrogen-bond acceptors (Lipinski definition) is 5. The van der Waals surface area contributed by atoms with Gasteiger partial charge in [0.1, 0.15) is 5.75 Å². The van der Waals surface area contributed by atoms with Crippen LogP contribution in [0.5, 0.6) is 5.75 Å². The van der Waals surface area contributed by atoms with Crippen LogP contribution in [0.3, 0.4) is 0 Å². The summed E-state index contributed by atoms with van der Waals surface area (Å²) < 4.78 is 9.95. The zero-order valence-electron chi connectivity index (χ0n) is 11.3. The van der Waals surface area contributed by atoms with Gasteiger partial charge in [-0.05, 0) is 18.2 Å². The molecular weight excluding hydrogens is 248 g/mol. The molecule has 1 rings (SSSR count). The molecule has 0 aromatic heterocycles. The highest BCUT2D eigenvalue weighted by Gasteiger charge is 2.18. The van der Waals surface area contributed by atoms with Gasteiger partial charge in [-0.3, -0.25) is 4.79 Å². The number of carbonyl (C=O) groups is 1. The number of aromatic hydroxyl groups is 1. The van der Waals surface area contributed by atoms with Crippen molar-refractivity contribution in [3.05, 3.63) is 23.8 Å². The molecule has 0 heterocycles. The van der Waals surface area contributed by atoms with Gasteiger partial charge >= 0.3 is 0 Å². The summed E-state index contributed by atoms with van der Waals surface area (Å²) in [7, 11) is 3.14. The second-order valence-electron chi connectivity index (χ2n) is 4.05. The third kappa shape index (κ3) is 4.42. The summed E-state index contributed by atoms with van der Waals surface area (Å²) in [5.74, 6) is -0.238. The molecule has 1 aromatic rings. The second kappa shape index (κ2) is 7.60. The molecule has 0 aliphatic rings. The quantitative estimate of drug-likeness (QED) is 0.562. The Kier molecular flexibility index (Phi) is 6.11. The Morgan fingerprint density at radius 1 is 1.26 bits per heavy atom. The number of anilines is 1. The van der Waals surface area contributed by atoms with Crippen LogP contribution in [0.15, 0.2) is 18.2 Å². The van der Waals surface area contributed by atoms with E-state index in [-0.39, 0.29) is 17.2 Å². The number of phenolic OH excluding ortho intramolecular Hbond substituents is 1. The van der Waals surface area contributed by atoms with Gasteiger partial charge in [0.15, 0.2) is 0 Å². The van der Waals surface area contributed by atoms with Crippen molar-refractivity contribution < 1.29 is 19.4 Å². The van der Waals surface area contributed by atoms with Crippen molar-refractivity contribution in [2.75, 3.05) is 46.3 Å². The minimum absolute atomic E-state index is 0.0102. The normalized spacial score (nSPS) is 10.4. The zero-order valence-corrected chi connectivity index (χ0v) is 11.3. The average Bonchev–Trinajstić information content (AvgIpc) is 2.41. The van der Waals surface area contributed by atoms with Crippen LogP contribution in [-0.4, -0.2) is 56.4 Å². The molecule has 0 atom stereocenters. The maximum Gasteiger partial charge on any atom is 0.256 e. The Morgan fingerprint density at radius 3 is 2.37 bits per heavy atom. The van der Waals surface area contributed by atoms with E-state index in [1.54, 1.807) is 19.1 Å². The number of phenols is 1. The summed E-state index contributed by atoms with van der Waals surface area (Å²) in [6, 6.07) is 4.32. The first-order valence-corrected chi connectivity index (χ1v) is 5.95. The summed E-state index contributed by atoms with van der Waals surface area (Å²) >= 11 is 0. The van der Waals surface area contributed by atoms with Crippen molar-refractivity contribution in [3.63, 3.8) is 0 Å². The number of hydrogen-bond donors (Lipinski definition) is 2. The van der Waals surface area contributed by atoms with Gasteiger partial charge < -0.3 is 25.2 Å². The maximum absolute atomic E-state index is 12.4. The molecule has 6 heteroatoms. The van der Waals surface area contributed by atoms with E-state index >= 15 is 0 Å². The number of rotatable bonds is 7. The fraction of sp³-hybridized carbons (Fsp3) is 0.462. The first kappa shape index (κ1) is 15.3. The average molecular weight is 268 g/mol. The SMILES string of the molecule is COCCN(CCOC)C(=O)c1cc(O)ccc1N. The van der Waals surface area contributed by atoms with Crippen molar-refractivity contribution in [3.8, 4) is 5.75 Å². The lowest BCUT2D eigenvalue weighted by atomic mass is 10.1. The molecule has 0 aliphatic heterocycles. The molecule has 1 amide bonds. The summed E-state index contributed by atoms with van der Waals surface area (Å²) in [5, 5.41) is 9.44. The fourth-order valence-electron chi connectivity index (χ4n) is 1.62. The third-order valence-electron chi connectivity index (χ3n) is 2.69. The van der Waals surface area contributed by atoms with Crippen LogP contribution < -0.4 is 5.73 Å². The molecule has 6 nitrogen and oxygen atoms in total. The standard InChI is InChI=1S/C13H20N2O4/c1-18-7-5-15(6-8-19-2)13(17)11-9-10(16)3-4-12(11)14/h3-4,9,16H,5-8,14H2,1-2H3. The Bertz CT molecular complexity index is 415. The van der Waals surface area contributed by atoms with Gasteiger partial charge in [0.2, 0.25) is 0 Å². The number of carbonyl (C=O) groups excluding carboxylic acids is 1. The minimum atomic E-state index is -0.248. The Morgan fingerprint density at radius 2 is 1.84 bits per heavy atom. The molecule has 0 aliphatic carbocycles. The van der Waals surface area contributed by atoms with E-state index in [1.165, 1.54) is 18.2 Å². The van der Waals surface area contributed by atoms with Crippen molar-refractivity contribution in [1.29, 1.82) is 0 Å². The van der Waals surface area contributed by atoms with E-state index < -0.39 is 0 Å². The summed E-state index contributed by atoms with van der Waals surface area (Å²) in [5.41, 5.74) is 6.38. The smallest absolute Gasteiger partial charge is 0.256 e. The first-order chi connectivity index (χ1) is 9.10. The largest absolute Gasteiger partial charge is 0.508 e. The highest BCUT2D eigenvalue weighted by molar-refractivity contribution is 5.99. The van der Waals surface area contributed by atoms with Crippen molar-refractivity contribution in [2.45, 2.75) is 0 Å². The van der Waals surface area contributed by atoms with E-state index in [1.807, 2.05) is 0 Å². The van der Waals surface area contributed by atoms with Crippen LogP contribution in [0.4, 0.5) is 5.69 Å². The summed E-state index contributed by atoms with van der Waals surface area (Å²) in [6.07, 6.45) is 0. The number of benzene rings is 1. The molecule has 0 spiro atoms. The molecule has 0 radical (unpaired) electrons. The lowest BCUT2D eigenvalue weighted by Gasteiger charge is -2.22. The number of ether oxygens (including phenoxy) is 2. The molecule has 19 heavy (non-hydrogen) atoms. The maximum atomic E-state index is 12.4. The molecule has 0 bridgehead atoms. The highest BCUT2D eigenvalue weighted by Crippen LogP contribution is 2.20. The lowest BCUT2D eigenvalue weighted by molar-refractivity contribution is 0.0628. The number of nitrogen functional groups attached to an aromatic ring is 1. The Labute approximate surface area is 112 Å². The molecule has 0 saturated heterocycles. The highest BCUT2D eigenvalue weighted by atomic mass is 16.5. The molecule has 0 fully saturated rings. The van der Waals surface area contributed by atoms with Crippen LogP contribution in [-0.2, 0) is 9.47 Å². The van der Waals surface area contributed by atoms with E-state index in [0.29, 0.717) is 32.0 Å². The second-order valence-corrected chi connectivity index (χ2v) is 4.05. The predicted molar refractivity (Wildman–Crippen MR) is 72.2 cm³/mol. The summed E-state index contributed by atoms with van der Waals surface area (Å²) in [4.78, 5) is 13.9. The van der Waals surface area contributed by atoms with Crippen LogP contribution in [0.25, 0.3) is 0 Å². The lowest BCUT2D eigenvalue weighted by Crippen LogP contribution is -2.36. The summed E-state index contributed by atoms with van der Waals surface area (Å²) in [6.45, 7) is 1.73. The molecule has 0 unspecified atom stereocenters. The zero-order chi connectivity index (χ0) is 14.3. The minimum Gasteiger partial charge on any atom is -0.508 e. The van der Waals surface area contributed by atoms with E-state index in [4.69, 9.17) is 15.2 Å². The Balaban J connectivity index is 2.87. The van der Waals surface area contributed by atoms with Gasteiger partial charge in [0.05, 0.1) is 18.8 Å². The van der Waals surface area contributed by atoms with Crippen molar-refractivity contribution in [2.24, 2.45) is 0 Å². The fourth-order valence-corrected chi connectivity index (χ4v) is 1.62. The van der Waals surface area contributed by atoms with Gasteiger partial charge in [-0.2, -0.15) is 0 Å². The monoisotopic (exact) mass is 268 g/mol. The topological polar surface area (TPSA) is 85.0 Å². The third-order valence-corrected chi connectivity index (χ3v) is 2.69. The number of methoxy groups -OCH3 is 2. The van der Waals surface area contributed by atoms with Crippen LogP contribution >= 0.6 is 0 Å². The number of nitrogens with zero attached hydrogens (tertiary/aromatic N) is 1. The molecular formula is C13H20N2O4. The molecule has 1 aromatic carbocycles. The van der Waals surface area contributed by atoms with Crippen molar-refractivity contribution in [1.82, 2.24) is 4.90 Å². The van der Waals surface area contributed by atoms with Crippen LogP contribution in [0, 0.1) is 0 Å². The van der Waals surface area contributed by atoms with E-state index in [2.05, 4.69) is 0 Å². The predicted octanol–water partition coefficient (Wildman–Crippen LogP) is 0.709. The molecule has 106 valence electrons. The van der Waals surface area contributed by atoms with Gasteiger partial charge in [-0.25, -0.2) is 0 Å². The number of amides is 1. The van der Waals surface area contributed by atoms with E-state index in [0.717, 1.165) is 0 Å². The van der Waals surface area contributed by atoms with Crippen LogP contribution in [0.1, 0.15) is 10.4 Å². The first-order valence-electron chi connectivity index (χ1n) is 5.95. The van der Waals surface area contributed by atoms with Gasteiger partial charge in [0, 0.05) is 33.0 Å². The van der Waals surface area contributed by atoms with Crippen molar-refractivity contribution >= 4 is 11.6 Å².